The van der Waals surface area contributed by atoms with Crippen molar-refractivity contribution in [2.24, 2.45) is 5.73 Å². The molecule has 0 aliphatic heterocycles. The third-order valence-electron chi connectivity index (χ3n) is 2.94. The largest absolute Gasteiger partial charge is 0.496 e. The van der Waals surface area contributed by atoms with Gasteiger partial charge in [0.2, 0.25) is 10.0 Å². The maximum Gasteiger partial charge on any atom is 0.240 e. The number of hydrogen-bond acceptors (Lipinski definition) is 6. The first kappa shape index (κ1) is 15.9. The number of thiazole rings is 1. The normalized spacial score (nSPS) is 11.5. The zero-order valence-electron chi connectivity index (χ0n) is 11.6. The standard InChI is InChI=1S/C13H17N3O3S2/c1-19-13-3-2-12(6-10(13)7-14)21(17,18)16-5-4-11-8-20-9-15-11/h2-3,6,8-9,16H,4-5,7,14H2,1H3. The van der Waals surface area contributed by atoms with Gasteiger partial charge in [-0.25, -0.2) is 18.1 Å². The molecule has 3 N–H and O–H groups in total. The van der Waals surface area contributed by atoms with Gasteiger partial charge in [-0.05, 0) is 18.2 Å². The van der Waals surface area contributed by atoms with Crippen LogP contribution in [0.3, 0.4) is 0 Å². The third kappa shape index (κ3) is 4.01. The van der Waals surface area contributed by atoms with Crippen LogP contribution >= 0.6 is 11.3 Å². The fraction of sp³-hybridized carbons (Fsp3) is 0.308. The van der Waals surface area contributed by atoms with E-state index in [9.17, 15) is 8.42 Å². The van der Waals surface area contributed by atoms with E-state index in [-0.39, 0.29) is 11.4 Å². The van der Waals surface area contributed by atoms with Crippen molar-refractivity contribution >= 4 is 21.4 Å². The summed E-state index contributed by atoms with van der Waals surface area (Å²) in [4.78, 5) is 4.29. The highest BCUT2D eigenvalue weighted by molar-refractivity contribution is 7.89. The van der Waals surface area contributed by atoms with Crippen molar-refractivity contribution in [3.63, 3.8) is 0 Å². The molecule has 114 valence electrons. The van der Waals surface area contributed by atoms with Crippen molar-refractivity contribution in [1.29, 1.82) is 0 Å². The predicted octanol–water partition coefficient (Wildman–Crippen LogP) is 1.13. The first-order valence-electron chi connectivity index (χ1n) is 6.30. The molecule has 0 saturated carbocycles. The van der Waals surface area contributed by atoms with Crippen molar-refractivity contribution in [1.82, 2.24) is 9.71 Å². The fourth-order valence-corrected chi connectivity index (χ4v) is 3.51. The van der Waals surface area contributed by atoms with Gasteiger partial charge >= 0.3 is 0 Å². The van der Waals surface area contributed by atoms with E-state index in [4.69, 9.17) is 10.5 Å². The van der Waals surface area contributed by atoms with Gasteiger partial charge in [-0.1, -0.05) is 0 Å². The Balaban J connectivity index is 2.08. The Morgan fingerprint density at radius 1 is 1.43 bits per heavy atom. The van der Waals surface area contributed by atoms with E-state index in [1.165, 1.54) is 30.6 Å². The first-order valence-corrected chi connectivity index (χ1v) is 8.73. The van der Waals surface area contributed by atoms with Crippen LogP contribution in [0, 0.1) is 0 Å². The lowest BCUT2D eigenvalue weighted by Gasteiger charge is -2.10. The number of hydrogen-bond donors (Lipinski definition) is 2. The number of rotatable bonds is 7. The molecule has 0 fully saturated rings. The van der Waals surface area contributed by atoms with Gasteiger partial charge in [0.25, 0.3) is 0 Å². The molecule has 0 radical (unpaired) electrons. The van der Waals surface area contributed by atoms with Crippen LogP contribution in [0.15, 0.2) is 34.0 Å². The van der Waals surface area contributed by atoms with E-state index < -0.39 is 10.0 Å². The molecule has 1 heterocycles. The summed E-state index contributed by atoms with van der Waals surface area (Å²) in [5.41, 5.74) is 8.85. The van der Waals surface area contributed by atoms with Crippen LogP contribution in [0.4, 0.5) is 0 Å². The number of methoxy groups -OCH3 is 1. The number of ether oxygens (including phenoxy) is 1. The Hall–Kier alpha value is -1.48. The maximum atomic E-state index is 12.2. The highest BCUT2D eigenvalue weighted by atomic mass is 32.2. The molecule has 0 atom stereocenters. The summed E-state index contributed by atoms with van der Waals surface area (Å²) < 4.78 is 32.1. The topological polar surface area (TPSA) is 94.3 Å². The van der Waals surface area contributed by atoms with Gasteiger partial charge in [0.15, 0.2) is 0 Å². The monoisotopic (exact) mass is 327 g/mol. The molecule has 0 saturated heterocycles. The molecule has 0 spiro atoms. The first-order chi connectivity index (χ1) is 10.1. The Morgan fingerprint density at radius 2 is 2.24 bits per heavy atom. The lowest BCUT2D eigenvalue weighted by atomic mass is 10.2. The van der Waals surface area contributed by atoms with E-state index in [2.05, 4.69) is 9.71 Å². The van der Waals surface area contributed by atoms with Crippen LogP contribution in [0.25, 0.3) is 0 Å². The second-order valence-electron chi connectivity index (χ2n) is 4.31. The molecule has 0 amide bonds. The molecule has 0 aliphatic rings. The molecule has 0 bridgehead atoms. The number of aromatic nitrogens is 1. The minimum atomic E-state index is -3.56. The summed E-state index contributed by atoms with van der Waals surface area (Å²) >= 11 is 1.49. The van der Waals surface area contributed by atoms with Gasteiger partial charge in [-0.15, -0.1) is 11.3 Å². The Morgan fingerprint density at radius 3 is 2.86 bits per heavy atom. The minimum absolute atomic E-state index is 0.182. The summed E-state index contributed by atoms with van der Waals surface area (Å²) in [7, 11) is -2.03. The van der Waals surface area contributed by atoms with Gasteiger partial charge in [-0.3, -0.25) is 0 Å². The second kappa shape index (κ2) is 6.99. The van der Waals surface area contributed by atoms with Gasteiger partial charge in [0, 0.05) is 30.5 Å². The molecule has 2 aromatic rings. The number of nitrogens with two attached hydrogens (primary N) is 1. The van der Waals surface area contributed by atoms with Gasteiger partial charge in [0.1, 0.15) is 5.75 Å². The zero-order chi connectivity index (χ0) is 15.3. The van der Waals surface area contributed by atoms with E-state index in [1.807, 2.05) is 5.38 Å². The van der Waals surface area contributed by atoms with Crippen molar-refractivity contribution < 1.29 is 13.2 Å². The summed E-state index contributed by atoms with van der Waals surface area (Å²) in [6, 6.07) is 4.64. The Labute approximate surface area is 128 Å². The van der Waals surface area contributed by atoms with E-state index >= 15 is 0 Å². The molecule has 1 aromatic heterocycles. The lowest BCUT2D eigenvalue weighted by Crippen LogP contribution is -2.26. The summed E-state index contributed by atoms with van der Waals surface area (Å²) in [6.45, 7) is 0.515. The highest BCUT2D eigenvalue weighted by Gasteiger charge is 2.15. The molecule has 8 heteroatoms. The van der Waals surface area contributed by atoms with Crippen LogP contribution < -0.4 is 15.2 Å². The third-order valence-corrected chi connectivity index (χ3v) is 5.03. The van der Waals surface area contributed by atoms with Crippen molar-refractivity contribution in [2.45, 2.75) is 17.9 Å². The number of nitrogens with zero attached hydrogens (tertiary/aromatic N) is 1. The van der Waals surface area contributed by atoms with Crippen molar-refractivity contribution in [2.75, 3.05) is 13.7 Å². The SMILES string of the molecule is COc1ccc(S(=O)(=O)NCCc2cscn2)cc1CN. The molecule has 1 aromatic carbocycles. The lowest BCUT2D eigenvalue weighted by molar-refractivity contribution is 0.409. The quantitative estimate of drug-likeness (QED) is 0.795. The van der Waals surface area contributed by atoms with E-state index in [0.717, 1.165) is 5.69 Å². The van der Waals surface area contributed by atoms with Crippen molar-refractivity contribution in [3.8, 4) is 5.75 Å². The van der Waals surface area contributed by atoms with E-state index in [1.54, 1.807) is 11.6 Å². The van der Waals surface area contributed by atoms with Crippen LogP contribution in [0.2, 0.25) is 0 Å². The number of sulfonamides is 1. The molecular formula is C13H17N3O3S2. The number of benzene rings is 1. The Bertz CT molecular complexity index is 685. The minimum Gasteiger partial charge on any atom is -0.496 e. The summed E-state index contributed by atoms with van der Waals surface area (Å²) in [5.74, 6) is 0.582. The zero-order valence-corrected chi connectivity index (χ0v) is 13.2. The average molecular weight is 327 g/mol. The van der Waals surface area contributed by atoms with Crippen molar-refractivity contribution in [3.05, 3.63) is 40.3 Å². The van der Waals surface area contributed by atoms with Gasteiger partial charge in [-0.2, -0.15) is 0 Å². The molecule has 2 rings (SSSR count). The predicted molar refractivity (Wildman–Crippen MR) is 81.9 cm³/mol. The highest BCUT2D eigenvalue weighted by Crippen LogP contribution is 2.21. The summed E-state index contributed by atoms with van der Waals surface area (Å²) in [5, 5.41) is 1.90. The van der Waals surface area contributed by atoms with Crippen LogP contribution in [-0.2, 0) is 23.0 Å². The number of nitrogens with one attached hydrogen (secondary N) is 1. The molecule has 6 nitrogen and oxygen atoms in total. The summed E-state index contributed by atoms with van der Waals surface area (Å²) in [6.07, 6.45) is 0.558. The molecule has 0 aliphatic carbocycles. The van der Waals surface area contributed by atoms with Crippen LogP contribution in [0.1, 0.15) is 11.3 Å². The molecular weight excluding hydrogens is 310 g/mol. The molecule has 0 unspecified atom stereocenters. The second-order valence-corrected chi connectivity index (χ2v) is 6.79. The smallest absolute Gasteiger partial charge is 0.240 e. The molecule has 21 heavy (non-hydrogen) atoms. The maximum absolute atomic E-state index is 12.2. The Kier molecular flexibility index (Phi) is 5.29. The van der Waals surface area contributed by atoms with Crippen LogP contribution in [-0.4, -0.2) is 27.1 Å². The van der Waals surface area contributed by atoms with Gasteiger partial charge in [0.05, 0.1) is 23.2 Å². The van der Waals surface area contributed by atoms with Crippen LogP contribution in [0.5, 0.6) is 5.75 Å². The average Bonchev–Trinajstić information content (AvgIpc) is 2.99. The fourth-order valence-electron chi connectivity index (χ4n) is 1.84. The van der Waals surface area contributed by atoms with E-state index in [0.29, 0.717) is 24.3 Å². The van der Waals surface area contributed by atoms with Gasteiger partial charge < -0.3 is 10.5 Å².